The van der Waals surface area contributed by atoms with Gasteiger partial charge in [-0.1, -0.05) is 6.58 Å². The minimum Gasteiger partial charge on any atom is -0.488 e. The van der Waals surface area contributed by atoms with Crippen LogP contribution in [0, 0.1) is 6.92 Å². The number of pyridine rings is 1. The molecule has 5 heterocycles. The molecule has 0 bridgehead atoms. The lowest BCUT2D eigenvalue weighted by atomic mass is 10.1. The predicted molar refractivity (Wildman–Crippen MR) is 150 cm³/mol. The van der Waals surface area contributed by atoms with E-state index in [2.05, 4.69) is 36.8 Å². The lowest BCUT2D eigenvalue weighted by Crippen LogP contribution is -2.58. The normalized spacial score (nSPS) is 16.3. The third kappa shape index (κ3) is 4.12. The summed E-state index contributed by atoms with van der Waals surface area (Å²) < 4.78 is 14.1. The molecule has 200 valence electrons. The highest BCUT2D eigenvalue weighted by Gasteiger charge is 2.35. The first-order valence-electron chi connectivity index (χ1n) is 13.0. The zero-order valence-electron chi connectivity index (χ0n) is 21.8. The smallest absolute Gasteiger partial charge is 0.246 e. The van der Waals surface area contributed by atoms with Crippen molar-refractivity contribution < 1.29 is 14.3 Å². The summed E-state index contributed by atoms with van der Waals surface area (Å²) >= 11 is 0. The Morgan fingerprint density at radius 3 is 2.92 bits per heavy atom. The number of piperazine rings is 1. The van der Waals surface area contributed by atoms with Crippen molar-refractivity contribution in [2.24, 2.45) is 0 Å². The van der Waals surface area contributed by atoms with Gasteiger partial charge in [0.25, 0.3) is 0 Å². The van der Waals surface area contributed by atoms with E-state index in [0.717, 1.165) is 39.3 Å². The Bertz CT molecular complexity index is 1780. The summed E-state index contributed by atoms with van der Waals surface area (Å²) in [6, 6.07) is 13.7. The van der Waals surface area contributed by atoms with Crippen molar-refractivity contribution in [3.63, 3.8) is 0 Å². The molecule has 2 aliphatic rings. The van der Waals surface area contributed by atoms with Crippen molar-refractivity contribution >= 4 is 39.6 Å². The molecule has 1 amide bonds. The second-order valence-corrected chi connectivity index (χ2v) is 9.81. The number of nitrogens with zero attached hydrogens (tertiary/aromatic N) is 7. The molecule has 11 nitrogen and oxygen atoms in total. The molecule has 3 aromatic heterocycles. The van der Waals surface area contributed by atoms with Crippen molar-refractivity contribution in [2.75, 3.05) is 36.5 Å². The van der Waals surface area contributed by atoms with Crippen LogP contribution in [0.4, 0.5) is 17.2 Å². The van der Waals surface area contributed by atoms with E-state index in [9.17, 15) is 4.79 Å². The quantitative estimate of drug-likeness (QED) is 0.333. The number of fused-ring (bicyclic) bond motifs is 6. The minimum atomic E-state index is -0.0491. The van der Waals surface area contributed by atoms with Crippen LogP contribution < -0.4 is 19.7 Å². The van der Waals surface area contributed by atoms with Crippen molar-refractivity contribution in [1.82, 2.24) is 29.5 Å². The second-order valence-electron chi connectivity index (χ2n) is 9.81. The van der Waals surface area contributed by atoms with Gasteiger partial charge in [-0.2, -0.15) is 5.10 Å². The Morgan fingerprint density at radius 2 is 2.05 bits per heavy atom. The number of nitrogens with one attached hydrogen (secondary N) is 1. The zero-order chi connectivity index (χ0) is 27.2. The van der Waals surface area contributed by atoms with Gasteiger partial charge in [0.05, 0.1) is 22.6 Å². The van der Waals surface area contributed by atoms with Gasteiger partial charge in [0, 0.05) is 37.6 Å². The molecule has 0 saturated carbocycles. The Morgan fingerprint density at radius 1 is 1.12 bits per heavy atom. The molecule has 5 aromatic rings. The summed E-state index contributed by atoms with van der Waals surface area (Å²) in [5.41, 5.74) is 4.30. The van der Waals surface area contributed by atoms with Crippen LogP contribution in [0.3, 0.4) is 0 Å². The summed E-state index contributed by atoms with van der Waals surface area (Å²) in [7, 11) is 0. The number of carbonyl (C=O) groups excluding carboxylic acids is 1. The highest BCUT2D eigenvalue weighted by Crippen LogP contribution is 2.43. The number of aromatic nitrogens is 5. The van der Waals surface area contributed by atoms with Gasteiger partial charge in [0.2, 0.25) is 5.91 Å². The van der Waals surface area contributed by atoms with Crippen LogP contribution in [-0.2, 0) is 4.79 Å². The average molecular weight is 535 g/mol. The van der Waals surface area contributed by atoms with Gasteiger partial charge in [-0.3, -0.25) is 4.79 Å². The molecule has 0 radical (unpaired) electrons. The second kappa shape index (κ2) is 9.53. The summed E-state index contributed by atoms with van der Waals surface area (Å²) in [6.07, 6.45) is 6.24. The largest absolute Gasteiger partial charge is 0.488 e. The van der Waals surface area contributed by atoms with E-state index in [-0.39, 0.29) is 11.9 Å². The SMILES string of the molecule is C=CC(=O)N1CCN2c3ccc4ncnc(Nc5ccc(Oc6ccn7ncnc7c6)c(C)c5)c4c3OC[C@H]2C1. The zero-order valence-corrected chi connectivity index (χ0v) is 21.8. The van der Waals surface area contributed by atoms with Gasteiger partial charge in [-0.15, -0.1) is 0 Å². The molecule has 11 heteroatoms. The van der Waals surface area contributed by atoms with Gasteiger partial charge in [-0.05, 0) is 55.0 Å². The number of carbonyl (C=O) groups is 1. The summed E-state index contributed by atoms with van der Waals surface area (Å²) in [6.45, 7) is 8.03. The number of anilines is 3. The van der Waals surface area contributed by atoms with Crippen molar-refractivity contribution in [1.29, 1.82) is 0 Å². The standard InChI is InChI=1S/C29H26N8O3/c1-3-26(38)35-10-11-36-20(14-35)15-39-28-23(36)6-5-22-27(28)29(32-16-30-22)34-19-4-7-24(18(2)12-19)40-21-8-9-37-25(13-21)31-17-33-37/h3-9,12-13,16-17,20H,1,10-11,14-15H2,2H3,(H,30,32,34)/t20-/m1/s1. The van der Waals surface area contributed by atoms with Crippen LogP contribution in [-0.4, -0.2) is 67.7 Å². The number of aryl methyl sites for hydroxylation is 1. The molecule has 0 aliphatic carbocycles. The van der Waals surface area contributed by atoms with Gasteiger partial charge >= 0.3 is 0 Å². The Labute approximate surface area is 229 Å². The number of benzene rings is 2. The molecule has 1 N–H and O–H groups in total. The molecule has 40 heavy (non-hydrogen) atoms. The number of hydrogen-bond donors (Lipinski definition) is 1. The van der Waals surface area contributed by atoms with Crippen molar-refractivity contribution in [2.45, 2.75) is 13.0 Å². The van der Waals surface area contributed by atoms with E-state index in [1.807, 2.05) is 60.5 Å². The predicted octanol–water partition coefficient (Wildman–Crippen LogP) is 4.11. The fourth-order valence-corrected chi connectivity index (χ4v) is 5.37. The molecule has 7 rings (SSSR count). The molecule has 1 saturated heterocycles. The molecule has 2 aromatic carbocycles. The van der Waals surface area contributed by atoms with E-state index in [4.69, 9.17) is 9.47 Å². The van der Waals surface area contributed by atoms with Crippen molar-refractivity contribution in [3.05, 3.63) is 79.5 Å². The summed E-state index contributed by atoms with van der Waals surface area (Å²) in [5.74, 6) is 2.78. The van der Waals surface area contributed by atoms with E-state index in [1.165, 1.54) is 12.4 Å². The number of amides is 1. The maximum absolute atomic E-state index is 12.2. The highest BCUT2D eigenvalue weighted by molar-refractivity contribution is 6.00. The number of rotatable bonds is 5. The van der Waals surface area contributed by atoms with E-state index in [1.54, 1.807) is 10.8 Å². The highest BCUT2D eigenvalue weighted by atomic mass is 16.5. The molecule has 0 unspecified atom stereocenters. The monoisotopic (exact) mass is 534 g/mol. The molecular formula is C29H26N8O3. The van der Waals surface area contributed by atoms with Gasteiger partial charge in [-0.25, -0.2) is 19.5 Å². The third-order valence-corrected chi connectivity index (χ3v) is 7.35. The van der Waals surface area contributed by atoms with E-state index >= 15 is 0 Å². The molecule has 0 spiro atoms. The van der Waals surface area contributed by atoms with Crippen LogP contribution in [0.25, 0.3) is 16.6 Å². The van der Waals surface area contributed by atoms with Crippen LogP contribution in [0.2, 0.25) is 0 Å². The first-order valence-corrected chi connectivity index (χ1v) is 13.0. The average Bonchev–Trinajstić information content (AvgIpc) is 3.45. The summed E-state index contributed by atoms with van der Waals surface area (Å²) in [4.78, 5) is 29.6. The first-order chi connectivity index (χ1) is 19.6. The number of ether oxygens (including phenoxy) is 2. The maximum atomic E-state index is 12.2. The van der Waals surface area contributed by atoms with E-state index in [0.29, 0.717) is 43.5 Å². The Hall–Kier alpha value is -5.19. The lowest BCUT2D eigenvalue weighted by Gasteiger charge is -2.45. The lowest BCUT2D eigenvalue weighted by molar-refractivity contribution is -0.127. The topological polar surface area (TPSA) is 110 Å². The molecule has 1 atom stereocenters. The van der Waals surface area contributed by atoms with Gasteiger partial charge in [0.15, 0.2) is 11.4 Å². The molecular weight excluding hydrogens is 508 g/mol. The molecule has 1 fully saturated rings. The first kappa shape index (κ1) is 23.9. The third-order valence-electron chi connectivity index (χ3n) is 7.35. The summed E-state index contributed by atoms with van der Waals surface area (Å²) in [5, 5.41) is 8.40. The fraction of sp³-hybridized carbons (Fsp3) is 0.207. The number of hydrogen-bond acceptors (Lipinski definition) is 9. The van der Waals surface area contributed by atoms with Crippen LogP contribution >= 0.6 is 0 Å². The van der Waals surface area contributed by atoms with E-state index < -0.39 is 0 Å². The van der Waals surface area contributed by atoms with Crippen LogP contribution in [0.5, 0.6) is 17.2 Å². The van der Waals surface area contributed by atoms with Crippen LogP contribution in [0.1, 0.15) is 5.56 Å². The van der Waals surface area contributed by atoms with Crippen molar-refractivity contribution in [3.8, 4) is 17.2 Å². The maximum Gasteiger partial charge on any atom is 0.246 e. The fourth-order valence-electron chi connectivity index (χ4n) is 5.37. The van der Waals surface area contributed by atoms with Gasteiger partial charge in [0.1, 0.15) is 36.6 Å². The Kier molecular flexibility index (Phi) is 5.69. The molecule has 2 aliphatic heterocycles. The Balaban J connectivity index is 1.16. The van der Waals surface area contributed by atoms with Crippen LogP contribution in [0.15, 0.2) is 74.0 Å². The van der Waals surface area contributed by atoms with Gasteiger partial charge < -0.3 is 24.6 Å². The minimum absolute atomic E-state index is 0.0491.